The van der Waals surface area contributed by atoms with Crippen molar-refractivity contribution in [3.63, 3.8) is 0 Å². The van der Waals surface area contributed by atoms with Gasteiger partial charge in [-0.3, -0.25) is 4.79 Å². The lowest BCUT2D eigenvalue weighted by Crippen LogP contribution is -1.99. The summed E-state index contributed by atoms with van der Waals surface area (Å²) in [4.78, 5) is 21.1. The molecule has 0 aromatic carbocycles. The van der Waals surface area contributed by atoms with Crippen molar-refractivity contribution in [1.82, 2.24) is 0 Å². The van der Waals surface area contributed by atoms with Crippen LogP contribution in [-0.2, 0) is 14.3 Å². The third-order valence-electron chi connectivity index (χ3n) is 1.64. The summed E-state index contributed by atoms with van der Waals surface area (Å²) in [7, 11) is 1.39. The Kier molecular flexibility index (Phi) is 6.34. The summed E-state index contributed by atoms with van der Waals surface area (Å²) in [5.74, 6) is 0.0471. The first-order chi connectivity index (χ1) is 5.66. The fourth-order valence-corrected chi connectivity index (χ4v) is 0.922. The van der Waals surface area contributed by atoms with Crippen LogP contribution in [0.15, 0.2) is 0 Å². The number of rotatable bonds is 6. The largest absolute Gasteiger partial charge is 0.469 e. The smallest absolute Gasteiger partial charge is 0.305 e. The van der Waals surface area contributed by atoms with Crippen LogP contribution in [0.1, 0.15) is 39.0 Å². The number of carbonyl (C=O) groups is 2. The molecule has 0 bridgehead atoms. The lowest BCUT2D eigenvalue weighted by atomic mass is 10.1. The molecule has 0 rings (SSSR count). The predicted molar refractivity (Wildman–Crippen MR) is 45.8 cm³/mol. The molecule has 0 heterocycles. The second-order valence-electron chi connectivity index (χ2n) is 2.84. The van der Waals surface area contributed by atoms with E-state index in [0.717, 1.165) is 19.3 Å². The van der Waals surface area contributed by atoms with Crippen LogP contribution in [0.3, 0.4) is 0 Å². The molecule has 3 heteroatoms. The fourth-order valence-electron chi connectivity index (χ4n) is 0.922. The predicted octanol–water partition coefficient (Wildman–Crippen LogP) is 1.70. The molecular formula is C9H16O3. The zero-order valence-corrected chi connectivity index (χ0v) is 7.76. The van der Waals surface area contributed by atoms with Gasteiger partial charge < -0.3 is 9.53 Å². The molecule has 0 unspecified atom stereocenters. The molecule has 0 aliphatic carbocycles. The van der Waals surface area contributed by atoms with E-state index in [0.29, 0.717) is 12.8 Å². The Balaban J connectivity index is 3.11. The molecule has 0 aromatic heterocycles. The van der Waals surface area contributed by atoms with Gasteiger partial charge in [0.25, 0.3) is 0 Å². The summed E-state index contributed by atoms with van der Waals surface area (Å²) in [6, 6.07) is 0. The van der Waals surface area contributed by atoms with E-state index in [1.807, 2.05) is 0 Å². The standard InChI is InChI=1S/C9H16O3/c1-8(10)6-4-3-5-7-9(11)12-2/h3-7H2,1-2H3. The van der Waals surface area contributed by atoms with Crippen molar-refractivity contribution in [3.05, 3.63) is 0 Å². The summed E-state index contributed by atoms with van der Waals surface area (Å²) in [5, 5.41) is 0. The van der Waals surface area contributed by atoms with Crippen molar-refractivity contribution in [1.29, 1.82) is 0 Å². The van der Waals surface area contributed by atoms with E-state index in [4.69, 9.17) is 0 Å². The molecule has 12 heavy (non-hydrogen) atoms. The number of hydrogen-bond acceptors (Lipinski definition) is 3. The van der Waals surface area contributed by atoms with Gasteiger partial charge in [0.05, 0.1) is 7.11 Å². The lowest BCUT2D eigenvalue weighted by molar-refractivity contribution is -0.140. The van der Waals surface area contributed by atoms with Gasteiger partial charge in [-0.15, -0.1) is 0 Å². The Labute approximate surface area is 73.1 Å². The van der Waals surface area contributed by atoms with E-state index >= 15 is 0 Å². The third-order valence-corrected chi connectivity index (χ3v) is 1.64. The van der Waals surface area contributed by atoms with Gasteiger partial charge in [0.1, 0.15) is 5.78 Å². The van der Waals surface area contributed by atoms with Crippen molar-refractivity contribution in [2.45, 2.75) is 39.0 Å². The molecule has 0 radical (unpaired) electrons. The summed E-state index contributed by atoms with van der Waals surface area (Å²) in [6.45, 7) is 1.58. The van der Waals surface area contributed by atoms with Crippen molar-refractivity contribution >= 4 is 11.8 Å². The first kappa shape index (κ1) is 11.1. The molecule has 0 spiro atoms. The van der Waals surface area contributed by atoms with Gasteiger partial charge in [0.15, 0.2) is 0 Å². The minimum Gasteiger partial charge on any atom is -0.469 e. The van der Waals surface area contributed by atoms with E-state index in [9.17, 15) is 9.59 Å². The highest BCUT2D eigenvalue weighted by Crippen LogP contribution is 2.03. The monoisotopic (exact) mass is 172 g/mol. The number of methoxy groups -OCH3 is 1. The van der Waals surface area contributed by atoms with Gasteiger partial charge in [0.2, 0.25) is 0 Å². The second kappa shape index (κ2) is 6.83. The van der Waals surface area contributed by atoms with E-state index in [1.54, 1.807) is 6.92 Å². The van der Waals surface area contributed by atoms with Crippen LogP contribution in [0.2, 0.25) is 0 Å². The van der Waals surface area contributed by atoms with Crippen molar-refractivity contribution < 1.29 is 14.3 Å². The number of ether oxygens (including phenoxy) is 1. The normalized spacial score (nSPS) is 9.50. The van der Waals surface area contributed by atoms with Gasteiger partial charge in [-0.2, -0.15) is 0 Å². The summed E-state index contributed by atoms with van der Waals surface area (Å²) < 4.78 is 4.47. The van der Waals surface area contributed by atoms with E-state index in [1.165, 1.54) is 7.11 Å². The van der Waals surface area contributed by atoms with Crippen LogP contribution in [-0.4, -0.2) is 18.9 Å². The maximum absolute atomic E-state index is 10.6. The van der Waals surface area contributed by atoms with Crippen LogP contribution >= 0.6 is 0 Å². The highest BCUT2D eigenvalue weighted by molar-refractivity contribution is 5.75. The first-order valence-electron chi connectivity index (χ1n) is 4.23. The van der Waals surface area contributed by atoms with Crippen LogP contribution < -0.4 is 0 Å². The van der Waals surface area contributed by atoms with Gasteiger partial charge >= 0.3 is 5.97 Å². The third kappa shape index (κ3) is 7.25. The van der Waals surface area contributed by atoms with Crippen molar-refractivity contribution in [2.24, 2.45) is 0 Å². The number of carbonyl (C=O) groups excluding carboxylic acids is 2. The van der Waals surface area contributed by atoms with Gasteiger partial charge in [-0.05, 0) is 19.8 Å². The fraction of sp³-hybridized carbons (Fsp3) is 0.778. The molecule has 0 aliphatic heterocycles. The Morgan fingerprint density at radius 1 is 1.08 bits per heavy atom. The van der Waals surface area contributed by atoms with Crippen LogP contribution in [0.25, 0.3) is 0 Å². The molecule has 70 valence electrons. The molecule has 0 amide bonds. The summed E-state index contributed by atoms with van der Waals surface area (Å²) >= 11 is 0. The number of hydrogen-bond donors (Lipinski definition) is 0. The van der Waals surface area contributed by atoms with Crippen molar-refractivity contribution in [2.75, 3.05) is 7.11 Å². The van der Waals surface area contributed by atoms with Crippen LogP contribution in [0, 0.1) is 0 Å². The Morgan fingerprint density at radius 3 is 2.17 bits per heavy atom. The highest BCUT2D eigenvalue weighted by Gasteiger charge is 1.99. The number of esters is 1. The minimum absolute atomic E-state index is 0.169. The van der Waals surface area contributed by atoms with Gasteiger partial charge in [0, 0.05) is 12.8 Å². The molecule has 0 fully saturated rings. The Bertz CT molecular complexity index is 152. The quantitative estimate of drug-likeness (QED) is 0.452. The number of unbranched alkanes of at least 4 members (excludes halogenated alkanes) is 2. The molecule has 0 aromatic rings. The topological polar surface area (TPSA) is 43.4 Å². The molecule has 0 aliphatic rings. The Morgan fingerprint density at radius 2 is 1.67 bits per heavy atom. The summed E-state index contributed by atoms with van der Waals surface area (Å²) in [6.07, 6.45) is 3.72. The number of ketones is 1. The SMILES string of the molecule is COC(=O)CCCCCC(C)=O. The summed E-state index contributed by atoms with van der Waals surface area (Å²) in [5.41, 5.74) is 0. The Hall–Kier alpha value is -0.860. The average molecular weight is 172 g/mol. The van der Waals surface area contributed by atoms with Crippen molar-refractivity contribution in [3.8, 4) is 0 Å². The second-order valence-corrected chi connectivity index (χ2v) is 2.84. The molecule has 0 atom stereocenters. The maximum atomic E-state index is 10.6. The van der Waals surface area contributed by atoms with E-state index in [-0.39, 0.29) is 11.8 Å². The zero-order chi connectivity index (χ0) is 9.40. The van der Waals surface area contributed by atoms with Crippen LogP contribution in [0.4, 0.5) is 0 Å². The first-order valence-corrected chi connectivity index (χ1v) is 4.23. The van der Waals surface area contributed by atoms with Gasteiger partial charge in [-0.25, -0.2) is 0 Å². The van der Waals surface area contributed by atoms with E-state index < -0.39 is 0 Å². The average Bonchev–Trinajstić information content (AvgIpc) is 2.03. The molecule has 3 nitrogen and oxygen atoms in total. The molecule has 0 N–H and O–H groups in total. The molecule has 0 saturated carbocycles. The maximum Gasteiger partial charge on any atom is 0.305 e. The minimum atomic E-state index is -0.169. The van der Waals surface area contributed by atoms with Gasteiger partial charge in [-0.1, -0.05) is 6.42 Å². The van der Waals surface area contributed by atoms with Crippen LogP contribution in [0.5, 0.6) is 0 Å². The molecule has 0 saturated heterocycles. The van der Waals surface area contributed by atoms with E-state index in [2.05, 4.69) is 4.74 Å². The highest BCUT2D eigenvalue weighted by atomic mass is 16.5. The molecular weight excluding hydrogens is 156 g/mol. The lowest BCUT2D eigenvalue weighted by Gasteiger charge is -1.98. The number of Topliss-reactive ketones (excluding diaryl/α,β-unsaturated/α-hetero) is 1. The zero-order valence-electron chi connectivity index (χ0n) is 7.76.